The van der Waals surface area contributed by atoms with Crippen LogP contribution < -0.4 is 0 Å². The molecule has 1 aliphatic carbocycles. The van der Waals surface area contributed by atoms with Crippen LogP contribution in [0.4, 0.5) is 0 Å². The fourth-order valence-corrected chi connectivity index (χ4v) is 10.4. The predicted octanol–water partition coefficient (Wildman–Crippen LogP) is 4.73. The van der Waals surface area contributed by atoms with Crippen LogP contribution in [-0.2, 0) is 19.7 Å². The molecule has 0 fully saturated rings. The number of allylic oxidation sites excluding steroid dienone is 2. The molecule has 6 heteroatoms. The fourth-order valence-electron chi connectivity index (χ4n) is 5.19. The highest BCUT2D eigenvalue weighted by Crippen LogP contribution is 2.61. The summed E-state index contributed by atoms with van der Waals surface area (Å²) in [5.74, 6) is -0.696. The Hall–Kier alpha value is -2.70. The third kappa shape index (κ3) is 2.05. The molecule has 0 radical (unpaired) electrons. The van der Waals surface area contributed by atoms with Crippen molar-refractivity contribution >= 4 is 41.4 Å². The average molecular weight is 435 g/mol. The summed E-state index contributed by atoms with van der Waals surface area (Å²) in [6.45, 7) is 3.90. The number of benzene rings is 3. The molecule has 0 saturated carbocycles. The smallest absolute Gasteiger partial charge is 0.205 e. The van der Waals surface area contributed by atoms with Crippen molar-refractivity contribution in [2.75, 3.05) is 0 Å². The van der Waals surface area contributed by atoms with E-state index < -0.39 is 30.8 Å². The van der Waals surface area contributed by atoms with Crippen LogP contribution in [-0.4, -0.2) is 16.8 Å². The third-order valence-corrected chi connectivity index (χ3v) is 10.8. The van der Waals surface area contributed by atoms with Crippen LogP contribution in [0.5, 0.6) is 0 Å². The molecule has 2 aliphatic heterocycles. The number of sulfone groups is 2. The summed E-state index contributed by atoms with van der Waals surface area (Å²) in [6.07, 6.45) is 3.61. The molecular formula is C24H18O4S2. The SMILES string of the molecule is Cc1ccc2c(c1)C=CC1C3=C(c4ccc5cc(C)ccc5c4S3(=O)=O)S(=O)(=O)C21. The van der Waals surface area contributed by atoms with Crippen LogP contribution in [0.1, 0.15) is 33.1 Å². The van der Waals surface area contributed by atoms with Gasteiger partial charge in [0.25, 0.3) is 0 Å². The molecule has 0 bridgehead atoms. The standard InChI is InChI=1S/C24H18O4S2/c1-13-3-7-17-15(11-13)5-9-19-21(17)29(25,26)24-20-10-6-16-12-14(2)4-8-18(16)22(20)30(27,28)23(19)24/h3-12,19,21H,1-2H3. The minimum atomic E-state index is -3.93. The van der Waals surface area contributed by atoms with Gasteiger partial charge in [-0.15, -0.1) is 0 Å². The molecule has 2 atom stereocenters. The molecule has 0 spiro atoms. The van der Waals surface area contributed by atoms with Crippen LogP contribution in [0.3, 0.4) is 0 Å². The molecular weight excluding hydrogens is 416 g/mol. The Morgan fingerprint density at radius 2 is 1.57 bits per heavy atom. The van der Waals surface area contributed by atoms with E-state index in [1.54, 1.807) is 18.2 Å². The molecule has 2 heterocycles. The second kappa shape index (κ2) is 5.50. The van der Waals surface area contributed by atoms with E-state index in [2.05, 4.69) is 0 Å². The second-order valence-corrected chi connectivity index (χ2v) is 12.2. The maximum atomic E-state index is 13.7. The van der Waals surface area contributed by atoms with Crippen molar-refractivity contribution in [3.63, 3.8) is 0 Å². The lowest BCUT2D eigenvalue weighted by molar-refractivity contribution is 0.579. The van der Waals surface area contributed by atoms with Gasteiger partial charge in [0.2, 0.25) is 9.84 Å². The van der Waals surface area contributed by atoms with E-state index in [0.717, 1.165) is 22.1 Å². The van der Waals surface area contributed by atoms with Crippen LogP contribution in [0.15, 0.2) is 64.4 Å². The van der Waals surface area contributed by atoms with Crippen molar-refractivity contribution in [2.24, 2.45) is 5.92 Å². The van der Waals surface area contributed by atoms with Crippen molar-refractivity contribution in [2.45, 2.75) is 24.0 Å². The van der Waals surface area contributed by atoms with Gasteiger partial charge >= 0.3 is 0 Å². The predicted molar refractivity (Wildman–Crippen MR) is 118 cm³/mol. The molecule has 4 nitrogen and oxygen atoms in total. The number of aryl methyl sites for hydroxylation is 2. The lowest BCUT2D eigenvalue weighted by Gasteiger charge is -2.26. The quantitative estimate of drug-likeness (QED) is 0.513. The Morgan fingerprint density at radius 1 is 0.833 bits per heavy atom. The molecule has 6 rings (SSSR count). The molecule has 3 aromatic rings. The van der Waals surface area contributed by atoms with E-state index in [9.17, 15) is 16.8 Å². The van der Waals surface area contributed by atoms with Crippen LogP contribution in [0.25, 0.3) is 21.8 Å². The van der Waals surface area contributed by atoms with Crippen LogP contribution in [0.2, 0.25) is 0 Å². The number of fused-ring (bicyclic) bond motifs is 8. The van der Waals surface area contributed by atoms with Gasteiger partial charge in [-0.2, -0.15) is 0 Å². The summed E-state index contributed by atoms with van der Waals surface area (Å²) in [4.78, 5) is 0.168. The Morgan fingerprint density at radius 3 is 2.37 bits per heavy atom. The van der Waals surface area contributed by atoms with Gasteiger partial charge in [-0.1, -0.05) is 71.8 Å². The van der Waals surface area contributed by atoms with Crippen molar-refractivity contribution in [1.29, 1.82) is 0 Å². The van der Waals surface area contributed by atoms with Gasteiger partial charge in [-0.25, -0.2) is 16.8 Å². The van der Waals surface area contributed by atoms with Gasteiger partial charge in [0, 0.05) is 16.9 Å². The normalized spacial score (nSPS) is 24.5. The topological polar surface area (TPSA) is 68.3 Å². The van der Waals surface area contributed by atoms with E-state index in [0.29, 0.717) is 16.5 Å². The van der Waals surface area contributed by atoms with Gasteiger partial charge in [-0.05, 0) is 30.4 Å². The molecule has 0 saturated heterocycles. The van der Waals surface area contributed by atoms with E-state index in [4.69, 9.17) is 0 Å². The first-order chi connectivity index (χ1) is 14.2. The van der Waals surface area contributed by atoms with Crippen molar-refractivity contribution < 1.29 is 16.8 Å². The van der Waals surface area contributed by atoms with Crippen LogP contribution in [0, 0.1) is 19.8 Å². The Balaban J connectivity index is 1.67. The van der Waals surface area contributed by atoms with Gasteiger partial charge in [0.15, 0.2) is 9.84 Å². The first-order valence-electron chi connectivity index (χ1n) is 9.77. The zero-order chi connectivity index (χ0) is 21.0. The van der Waals surface area contributed by atoms with E-state index >= 15 is 0 Å². The Kier molecular flexibility index (Phi) is 3.32. The fraction of sp³-hybridized carbons (Fsp3) is 0.167. The molecule has 0 amide bonds. The van der Waals surface area contributed by atoms with Gasteiger partial charge in [0.05, 0.1) is 14.7 Å². The summed E-state index contributed by atoms with van der Waals surface area (Å²) < 4.78 is 54.9. The summed E-state index contributed by atoms with van der Waals surface area (Å²) >= 11 is 0. The third-order valence-electron chi connectivity index (χ3n) is 6.43. The molecule has 3 aromatic carbocycles. The average Bonchev–Trinajstić information content (AvgIpc) is 3.09. The summed E-state index contributed by atoms with van der Waals surface area (Å²) in [5, 5.41) is 0.488. The van der Waals surface area contributed by atoms with Crippen LogP contribution >= 0.6 is 0 Å². The van der Waals surface area contributed by atoms with E-state index in [1.165, 1.54) is 0 Å². The molecule has 2 unspecified atom stereocenters. The summed E-state index contributed by atoms with van der Waals surface area (Å²) in [5.41, 5.74) is 3.89. The zero-order valence-electron chi connectivity index (χ0n) is 16.4. The lowest BCUT2D eigenvalue weighted by atomic mass is 9.88. The van der Waals surface area contributed by atoms with E-state index in [1.807, 2.05) is 56.3 Å². The molecule has 0 aromatic heterocycles. The Labute approximate surface area is 175 Å². The number of hydrogen-bond acceptors (Lipinski definition) is 4. The highest BCUT2D eigenvalue weighted by molar-refractivity contribution is 8.05. The highest BCUT2D eigenvalue weighted by atomic mass is 32.2. The molecule has 30 heavy (non-hydrogen) atoms. The summed E-state index contributed by atoms with van der Waals surface area (Å²) in [7, 11) is -7.79. The molecule has 3 aliphatic rings. The number of rotatable bonds is 0. The Bertz CT molecular complexity index is 1590. The first-order valence-corrected chi connectivity index (χ1v) is 12.8. The zero-order valence-corrected chi connectivity index (χ0v) is 18.0. The molecule has 150 valence electrons. The van der Waals surface area contributed by atoms with Gasteiger partial charge < -0.3 is 0 Å². The maximum absolute atomic E-state index is 13.7. The molecule has 0 N–H and O–H groups in total. The number of hydrogen-bond donors (Lipinski definition) is 0. The second-order valence-electron chi connectivity index (χ2n) is 8.35. The van der Waals surface area contributed by atoms with Gasteiger partial charge in [0.1, 0.15) is 5.25 Å². The first kappa shape index (κ1) is 18.1. The maximum Gasteiger partial charge on any atom is 0.205 e. The minimum absolute atomic E-state index is 0.00644. The van der Waals surface area contributed by atoms with E-state index in [-0.39, 0.29) is 14.7 Å². The highest BCUT2D eigenvalue weighted by Gasteiger charge is 2.57. The lowest BCUT2D eigenvalue weighted by Crippen LogP contribution is -2.22. The summed E-state index contributed by atoms with van der Waals surface area (Å²) in [6, 6.07) is 14.7. The van der Waals surface area contributed by atoms with Crippen molar-refractivity contribution in [3.8, 4) is 0 Å². The largest absolute Gasteiger partial charge is 0.223 e. The van der Waals surface area contributed by atoms with Crippen molar-refractivity contribution in [1.82, 2.24) is 0 Å². The monoisotopic (exact) mass is 434 g/mol. The minimum Gasteiger partial charge on any atom is -0.223 e. The van der Waals surface area contributed by atoms with Crippen molar-refractivity contribution in [3.05, 3.63) is 87.3 Å². The van der Waals surface area contributed by atoms with Gasteiger partial charge in [-0.3, -0.25) is 0 Å².